The number of hydrogen-bond acceptors (Lipinski definition) is 6. The Balaban J connectivity index is 1.74. The van der Waals surface area contributed by atoms with E-state index in [1.165, 1.54) is 6.33 Å². The molecule has 8 heteroatoms. The van der Waals surface area contributed by atoms with Gasteiger partial charge in [0.1, 0.15) is 12.1 Å². The highest BCUT2D eigenvalue weighted by molar-refractivity contribution is 7.99. The van der Waals surface area contributed by atoms with Gasteiger partial charge in [-0.25, -0.2) is 4.98 Å². The molecule has 0 aliphatic rings. The molecule has 0 saturated heterocycles. The first-order chi connectivity index (χ1) is 13.6. The zero-order valence-electron chi connectivity index (χ0n) is 14.3. The van der Waals surface area contributed by atoms with E-state index in [1.54, 1.807) is 30.3 Å². The Morgan fingerprint density at radius 1 is 0.964 bits per heavy atom. The lowest BCUT2D eigenvalue weighted by atomic mass is 10.1. The standard InChI is InChI=1S/C20H12ClN3O3S/c21-14-8-10-15(11-9-14)28-20-18(24(25)26)19(22-12-23-20)27-17-7-3-5-13-4-1-2-6-16(13)17/h1-12H. The Morgan fingerprint density at radius 2 is 1.71 bits per heavy atom. The van der Waals surface area contributed by atoms with E-state index in [0.29, 0.717) is 10.8 Å². The van der Waals surface area contributed by atoms with E-state index in [-0.39, 0.29) is 16.6 Å². The molecule has 1 aromatic heterocycles. The summed E-state index contributed by atoms with van der Waals surface area (Å²) in [5.41, 5.74) is -0.282. The van der Waals surface area contributed by atoms with E-state index in [9.17, 15) is 10.1 Å². The summed E-state index contributed by atoms with van der Waals surface area (Å²) in [5.74, 6) is 0.384. The maximum absolute atomic E-state index is 11.8. The van der Waals surface area contributed by atoms with Gasteiger partial charge in [-0.05, 0) is 35.7 Å². The summed E-state index contributed by atoms with van der Waals surface area (Å²) in [6.07, 6.45) is 1.26. The minimum atomic E-state index is -0.529. The highest BCUT2D eigenvalue weighted by Gasteiger charge is 2.26. The van der Waals surface area contributed by atoms with E-state index in [2.05, 4.69) is 9.97 Å². The topological polar surface area (TPSA) is 78.2 Å². The van der Waals surface area contributed by atoms with Gasteiger partial charge in [-0.15, -0.1) is 0 Å². The number of aromatic nitrogens is 2. The maximum atomic E-state index is 11.8. The first-order valence-corrected chi connectivity index (χ1v) is 9.40. The largest absolute Gasteiger partial charge is 0.433 e. The van der Waals surface area contributed by atoms with Crippen LogP contribution in [0.1, 0.15) is 0 Å². The third-order valence-corrected chi connectivity index (χ3v) is 5.17. The van der Waals surface area contributed by atoms with E-state index < -0.39 is 4.92 Å². The predicted octanol–water partition coefficient (Wildman–Crippen LogP) is 6.13. The molecule has 4 aromatic rings. The molecule has 138 valence electrons. The molecule has 0 aliphatic heterocycles. The second-order valence-corrected chi connectivity index (χ2v) is 7.22. The summed E-state index contributed by atoms with van der Waals surface area (Å²) < 4.78 is 5.85. The van der Waals surface area contributed by atoms with Crippen molar-refractivity contribution >= 4 is 39.8 Å². The fraction of sp³-hybridized carbons (Fsp3) is 0. The average Bonchev–Trinajstić information content (AvgIpc) is 2.70. The van der Waals surface area contributed by atoms with Gasteiger partial charge in [-0.3, -0.25) is 10.1 Å². The van der Waals surface area contributed by atoms with Crippen LogP contribution in [0.5, 0.6) is 11.6 Å². The van der Waals surface area contributed by atoms with Crippen molar-refractivity contribution < 1.29 is 9.66 Å². The van der Waals surface area contributed by atoms with Crippen molar-refractivity contribution in [2.75, 3.05) is 0 Å². The molecule has 0 atom stereocenters. The lowest BCUT2D eigenvalue weighted by Crippen LogP contribution is -2.00. The molecule has 0 saturated carbocycles. The third kappa shape index (κ3) is 3.76. The SMILES string of the molecule is O=[N+]([O-])c1c(Oc2cccc3ccccc23)ncnc1Sc1ccc(Cl)cc1. The maximum Gasteiger partial charge on any atom is 0.363 e. The Hall–Kier alpha value is -3.16. The number of nitrogens with zero attached hydrogens (tertiary/aromatic N) is 3. The quantitative estimate of drug-likeness (QED) is 0.224. The monoisotopic (exact) mass is 409 g/mol. The zero-order valence-corrected chi connectivity index (χ0v) is 15.9. The molecule has 0 N–H and O–H groups in total. The normalized spacial score (nSPS) is 10.8. The second-order valence-electron chi connectivity index (χ2n) is 5.73. The fourth-order valence-corrected chi connectivity index (χ4v) is 3.64. The summed E-state index contributed by atoms with van der Waals surface area (Å²) in [5, 5.41) is 14.3. The van der Waals surface area contributed by atoms with Crippen LogP contribution in [0.2, 0.25) is 5.02 Å². The van der Waals surface area contributed by atoms with E-state index >= 15 is 0 Å². The van der Waals surface area contributed by atoms with Gasteiger partial charge in [0, 0.05) is 15.3 Å². The van der Waals surface area contributed by atoms with Crippen LogP contribution in [0.4, 0.5) is 5.69 Å². The third-order valence-electron chi connectivity index (χ3n) is 3.92. The van der Waals surface area contributed by atoms with Gasteiger partial charge >= 0.3 is 11.6 Å². The minimum Gasteiger partial charge on any atom is -0.433 e. The van der Waals surface area contributed by atoms with Gasteiger partial charge in [0.05, 0.1) is 4.92 Å². The van der Waals surface area contributed by atoms with Crippen molar-refractivity contribution in [3.8, 4) is 11.6 Å². The van der Waals surface area contributed by atoms with Crippen LogP contribution in [0.15, 0.2) is 83.0 Å². The van der Waals surface area contributed by atoms with Gasteiger partial charge < -0.3 is 4.74 Å². The molecule has 28 heavy (non-hydrogen) atoms. The summed E-state index contributed by atoms with van der Waals surface area (Å²) >= 11 is 7.04. The van der Waals surface area contributed by atoms with Crippen molar-refractivity contribution in [3.63, 3.8) is 0 Å². The van der Waals surface area contributed by atoms with Crippen molar-refractivity contribution in [3.05, 3.63) is 88.2 Å². The summed E-state index contributed by atoms with van der Waals surface area (Å²) in [4.78, 5) is 20.1. The molecule has 4 rings (SSSR count). The number of rotatable bonds is 5. The zero-order chi connectivity index (χ0) is 19.5. The molecule has 0 fully saturated rings. The molecule has 6 nitrogen and oxygen atoms in total. The van der Waals surface area contributed by atoms with Crippen LogP contribution in [0, 0.1) is 10.1 Å². The van der Waals surface area contributed by atoms with Crippen LogP contribution in [-0.2, 0) is 0 Å². The summed E-state index contributed by atoms with van der Waals surface area (Å²) in [6, 6.07) is 20.1. The molecular weight excluding hydrogens is 398 g/mol. The smallest absolute Gasteiger partial charge is 0.363 e. The van der Waals surface area contributed by atoms with Crippen molar-refractivity contribution in [2.45, 2.75) is 9.92 Å². The molecular formula is C20H12ClN3O3S. The predicted molar refractivity (Wildman–Crippen MR) is 108 cm³/mol. The summed E-state index contributed by atoms with van der Waals surface area (Å²) in [6.45, 7) is 0. The Morgan fingerprint density at radius 3 is 2.50 bits per heavy atom. The van der Waals surface area contributed by atoms with Crippen LogP contribution in [-0.4, -0.2) is 14.9 Å². The van der Waals surface area contributed by atoms with E-state index in [0.717, 1.165) is 27.4 Å². The first-order valence-electron chi connectivity index (χ1n) is 8.20. The van der Waals surface area contributed by atoms with Gasteiger partial charge in [0.2, 0.25) is 0 Å². The Kier molecular flexibility index (Phi) is 5.10. The number of fused-ring (bicyclic) bond motifs is 1. The number of benzene rings is 3. The Bertz CT molecular complexity index is 1160. The molecule has 0 unspecified atom stereocenters. The number of halogens is 1. The lowest BCUT2D eigenvalue weighted by Gasteiger charge is -2.09. The molecule has 1 heterocycles. The van der Waals surface area contributed by atoms with Crippen molar-refractivity contribution in [1.82, 2.24) is 9.97 Å². The Labute approximate surface area is 169 Å². The van der Waals surface area contributed by atoms with Crippen LogP contribution < -0.4 is 4.74 Å². The van der Waals surface area contributed by atoms with Crippen LogP contribution in [0.25, 0.3) is 10.8 Å². The van der Waals surface area contributed by atoms with Crippen molar-refractivity contribution in [1.29, 1.82) is 0 Å². The van der Waals surface area contributed by atoms with Gasteiger partial charge in [-0.2, -0.15) is 4.98 Å². The van der Waals surface area contributed by atoms with Gasteiger partial charge in [-0.1, -0.05) is 59.8 Å². The van der Waals surface area contributed by atoms with E-state index in [1.807, 2.05) is 36.4 Å². The first kappa shape index (κ1) is 18.2. The van der Waals surface area contributed by atoms with Crippen molar-refractivity contribution in [2.24, 2.45) is 0 Å². The highest BCUT2D eigenvalue weighted by atomic mass is 35.5. The highest BCUT2D eigenvalue weighted by Crippen LogP contribution is 2.40. The molecule has 0 aliphatic carbocycles. The molecule has 3 aromatic carbocycles. The second kappa shape index (κ2) is 7.84. The summed E-state index contributed by atoms with van der Waals surface area (Å²) in [7, 11) is 0. The average molecular weight is 410 g/mol. The number of ether oxygens (including phenoxy) is 1. The molecule has 0 spiro atoms. The molecule has 0 amide bonds. The minimum absolute atomic E-state index is 0.104. The van der Waals surface area contributed by atoms with Gasteiger partial charge in [0.25, 0.3) is 0 Å². The van der Waals surface area contributed by atoms with Crippen LogP contribution >= 0.6 is 23.4 Å². The van der Waals surface area contributed by atoms with Gasteiger partial charge in [0.15, 0.2) is 5.03 Å². The molecule has 0 bridgehead atoms. The van der Waals surface area contributed by atoms with E-state index in [4.69, 9.17) is 16.3 Å². The molecule has 0 radical (unpaired) electrons. The fourth-order valence-electron chi connectivity index (χ4n) is 2.66. The lowest BCUT2D eigenvalue weighted by molar-refractivity contribution is -0.389. The van der Waals surface area contributed by atoms with Crippen LogP contribution in [0.3, 0.4) is 0 Å². The number of hydrogen-bond donors (Lipinski definition) is 0. The number of nitro groups is 1.